The molecule has 144 valence electrons. The summed E-state index contributed by atoms with van der Waals surface area (Å²) in [6.07, 6.45) is 4.42. The predicted molar refractivity (Wildman–Crippen MR) is 105 cm³/mol. The summed E-state index contributed by atoms with van der Waals surface area (Å²) in [6.45, 7) is 2.98. The van der Waals surface area contributed by atoms with Crippen LogP contribution in [-0.2, 0) is 17.8 Å². The number of rotatable bonds is 8. The first-order valence-electron chi connectivity index (χ1n) is 9.53. The van der Waals surface area contributed by atoms with Gasteiger partial charge in [0.2, 0.25) is 17.7 Å². The zero-order valence-corrected chi connectivity index (χ0v) is 15.9. The van der Waals surface area contributed by atoms with E-state index in [4.69, 9.17) is 9.15 Å². The molecule has 6 heteroatoms. The number of pyridine rings is 1. The first kappa shape index (κ1) is 18.2. The van der Waals surface area contributed by atoms with Crippen molar-refractivity contribution in [2.75, 3.05) is 6.61 Å². The highest BCUT2D eigenvalue weighted by Crippen LogP contribution is 2.29. The minimum atomic E-state index is -0.106. The Bertz CT molecular complexity index is 931. The minimum absolute atomic E-state index is 0.106. The number of nitrogens with one attached hydrogen (secondary N) is 1. The van der Waals surface area contributed by atoms with E-state index in [-0.39, 0.29) is 12.3 Å². The molecule has 3 aromatic rings. The number of oxazole rings is 1. The number of nitrogens with zero attached hydrogens (tertiary/aromatic N) is 2. The number of carbonyl (C=O) groups excluding carboxylic acids is 1. The Hall–Kier alpha value is -3.15. The van der Waals surface area contributed by atoms with Gasteiger partial charge in [0.1, 0.15) is 5.76 Å². The van der Waals surface area contributed by atoms with Crippen molar-refractivity contribution in [2.45, 2.75) is 32.7 Å². The standard InChI is InChI=1S/C22H23N3O3/c1-15-19(25-22(28-15)18-5-3-2-4-6-18)11-20(26)23-12-17-9-10-21(24-13-17)27-14-16-7-8-16/h2-6,9-10,13,16H,7-8,11-12,14H2,1H3,(H,23,26). The van der Waals surface area contributed by atoms with Crippen LogP contribution in [0.25, 0.3) is 11.5 Å². The molecule has 6 nitrogen and oxygen atoms in total. The quantitative estimate of drug-likeness (QED) is 0.648. The van der Waals surface area contributed by atoms with Crippen LogP contribution in [0.3, 0.4) is 0 Å². The molecule has 0 unspecified atom stereocenters. The van der Waals surface area contributed by atoms with Crippen LogP contribution in [0.4, 0.5) is 0 Å². The van der Waals surface area contributed by atoms with Crippen molar-refractivity contribution in [3.63, 3.8) is 0 Å². The molecule has 1 aromatic carbocycles. The van der Waals surface area contributed by atoms with Gasteiger partial charge in [0.25, 0.3) is 0 Å². The Morgan fingerprint density at radius 1 is 1.21 bits per heavy atom. The van der Waals surface area contributed by atoms with Gasteiger partial charge in [0, 0.05) is 24.4 Å². The lowest BCUT2D eigenvalue weighted by Gasteiger charge is -2.06. The van der Waals surface area contributed by atoms with Crippen LogP contribution in [0.15, 0.2) is 53.1 Å². The Labute approximate surface area is 164 Å². The maximum absolute atomic E-state index is 12.3. The van der Waals surface area contributed by atoms with Crippen molar-refractivity contribution in [2.24, 2.45) is 5.92 Å². The second-order valence-corrected chi connectivity index (χ2v) is 7.10. The second kappa shape index (κ2) is 8.25. The molecule has 0 aliphatic heterocycles. The normalized spacial score (nSPS) is 13.3. The average molecular weight is 377 g/mol. The summed E-state index contributed by atoms with van der Waals surface area (Å²) in [5, 5.41) is 2.90. The lowest BCUT2D eigenvalue weighted by molar-refractivity contribution is -0.120. The molecule has 1 saturated carbocycles. The molecule has 0 atom stereocenters. The van der Waals surface area contributed by atoms with Crippen LogP contribution in [0.2, 0.25) is 0 Å². The largest absolute Gasteiger partial charge is 0.477 e. The molecule has 0 bridgehead atoms. The molecule has 1 aliphatic carbocycles. The zero-order chi connectivity index (χ0) is 19.3. The summed E-state index contributed by atoms with van der Waals surface area (Å²) in [7, 11) is 0. The third-order valence-corrected chi connectivity index (χ3v) is 4.69. The van der Waals surface area contributed by atoms with Gasteiger partial charge < -0.3 is 14.5 Å². The highest BCUT2D eigenvalue weighted by atomic mass is 16.5. The van der Waals surface area contributed by atoms with E-state index in [1.807, 2.05) is 49.4 Å². The van der Waals surface area contributed by atoms with E-state index in [0.29, 0.717) is 35.7 Å². The van der Waals surface area contributed by atoms with Crippen LogP contribution >= 0.6 is 0 Å². The van der Waals surface area contributed by atoms with Gasteiger partial charge in [0.05, 0.1) is 18.7 Å². The van der Waals surface area contributed by atoms with Crippen molar-refractivity contribution >= 4 is 5.91 Å². The summed E-state index contributed by atoms with van der Waals surface area (Å²) in [6, 6.07) is 13.4. The molecular weight excluding hydrogens is 354 g/mol. The average Bonchev–Trinajstić information content (AvgIpc) is 3.49. The summed E-state index contributed by atoms with van der Waals surface area (Å²) >= 11 is 0. The van der Waals surface area contributed by atoms with Gasteiger partial charge in [-0.3, -0.25) is 4.79 Å². The third-order valence-electron chi connectivity index (χ3n) is 4.69. The number of hydrogen-bond acceptors (Lipinski definition) is 5. The van der Waals surface area contributed by atoms with Gasteiger partial charge >= 0.3 is 0 Å². The van der Waals surface area contributed by atoms with Gasteiger partial charge in [-0.2, -0.15) is 0 Å². The summed E-state index contributed by atoms with van der Waals surface area (Å²) < 4.78 is 11.3. The van der Waals surface area contributed by atoms with Crippen molar-refractivity contribution < 1.29 is 13.9 Å². The smallest absolute Gasteiger partial charge is 0.226 e. The summed E-state index contributed by atoms with van der Waals surface area (Å²) in [5.41, 5.74) is 2.47. The van der Waals surface area contributed by atoms with E-state index in [0.717, 1.165) is 17.7 Å². The maximum Gasteiger partial charge on any atom is 0.226 e. The molecule has 0 radical (unpaired) electrons. The predicted octanol–water partition coefficient (Wildman–Crippen LogP) is 3.69. The molecule has 0 saturated heterocycles. The highest BCUT2D eigenvalue weighted by Gasteiger charge is 2.22. The fraction of sp³-hybridized carbons (Fsp3) is 0.318. The fourth-order valence-electron chi connectivity index (χ4n) is 2.80. The van der Waals surface area contributed by atoms with Crippen molar-refractivity contribution in [3.05, 3.63) is 65.7 Å². The second-order valence-electron chi connectivity index (χ2n) is 7.10. The molecule has 1 aliphatic rings. The Morgan fingerprint density at radius 2 is 2.04 bits per heavy atom. The number of ether oxygens (including phenoxy) is 1. The molecule has 1 N–H and O–H groups in total. The fourth-order valence-corrected chi connectivity index (χ4v) is 2.80. The number of amides is 1. The maximum atomic E-state index is 12.3. The number of hydrogen-bond donors (Lipinski definition) is 1. The van der Waals surface area contributed by atoms with Gasteiger partial charge in [-0.05, 0) is 43.4 Å². The van der Waals surface area contributed by atoms with E-state index in [1.54, 1.807) is 6.20 Å². The lowest BCUT2D eigenvalue weighted by Crippen LogP contribution is -2.25. The number of aryl methyl sites for hydroxylation is 1. The molecule has 4 rings (SSSR count). The van der Waals surface area contributed by atoms with E-state index in [2.05, 4.69) is 15.3 Å². The molecular formula is C22H23N3O3. The minimum Gasteiger partial charge on any atom is -0.477 e. The van der Waals surface area contributed by atoms with Crippen LogP contribution in [0, 0.1) is 12.8 Å². The van der Waals surface area contributed by atoms with E-state index >= 15 is 0 Å². The molecule has 2 aromatic heterocycles. The van der Waals surface area contributed by atoms with Crippen LogP contribution in [0.1, 0.15) is 29.9 Å². The SMILES string of the molecule is Cc1oc(-c2ccccc2)nc1CC(=O)NCc1ccc(OCC2CC2)nc1. The van der Waals surface area contributed by atoms with Crippen LogP contribution < -0.4 is 10.1 Å². The van der Waals surface area contributed by atoms with Crippen molar-refractivity contribution in [3.8, 4) is 17.3 Å². The van der Waals surface area contributed by atoms with Crippen LogP contribution in [0.5, 0.6) is 5.88 Å². The van der Waals surface area contributed by atoms with Gasteiger partial charge in [-0.25, -0.2) is 9.97 Å². The zero-order valence-electron chi connectivity index (χ0n) is 15.9. The van der Waals surface area contributed by atoms with Gasteiger partial charge in [-0.1, -0.05) is 24.3 Å². The van der Waals surface area contributed by atoms with Gasteiger partial charge in [-0.15, -0.1) is 0 Å². The van der Waals surface area contributed by atoms with Gasteiger partial charge in [0.15, 0.2) is 0 Å². The lowest BCUT2D eigenvalue weighted by atomic mass is 10.2. The molecule has 28 heavy (non-hydrogen) atoms. The van der Waals surface area contributed by atoms with E-state index in [9.17, 15) is 4.79 Å². The first-order valence-corrected chi connectivity index (χ1v) is 9.53. The Kier molecular flexibility index (Phi) is 5.37. The molecule has 2 heterocycles. The summed E-state index contributed by atoms with van der Waals surface area (Å²) in [4.78, 5) is 21.1. The van der Waals surface area contributed by atoms with E-state index < -0.39 is 0 Å². The topological polar surface area (TPSA) is 77.2 Å². The molecule has 1 amide bonds. The highest BCUT2D eigenvalue weighted by molar-refractivity contribution is 5.78. The Balaban J connectivity index is 1.29. The first-order chi connectivity index (χ1) is 13.7. The van der Waals surface area contributed by atoms with E-state index in [1.165, 1.54) is 12.8 Å². The van der Waals surface area contributed by atoms with Crippen LogP contribution in [-0.4, -0.2) is 22.5 Å². The van der Waals surface area contributed by atoms with Crippen molar-refractivity contribution in [1.29, 1.82) is 0 Å². The Morgan fingerprint density at radius 3 is 2.75 bits per heavy atom. The third kappa shape index (κ3) is 4.76. The monoisotopic (exact) mass is 377 g/mol. The summed E-state index contributed by atoms with van der Waals surface area (Å²) in [5.74, 6) is 2.42. The number of benzene rings is 1. The van der Waals surface area contributed by atoms with Crippen molar-refractivity contribution in [1.82, 2.24) is 15.3 Å². The molecule has 1 fully saturated rings. The molecule has 0 spiro atoms. The number of carbonyl (C=O) groups is 1. The number of aromatic nitrogens is 2.